The first-order valence-electron chi connectivity index (χ1n) is 8.66. The van der Waals surface area contributed by atoms with Gasteiger partial charge in [0.2, 0.25) is 5.76 Å². The normalized spacial score (nSPS) is 14.4. The van der Waals surface area contributed by atoms with E-state index in [4.69, 9.17) is 19.2 Å². The third-order valence-electron chi connectivity index (χ3n) is 4.12. The van der Waals surface area contributed by atoms with Crippen molar-refractivity contribution >= 4 is 24.0 Å². The van der Waals surface area contributed by atoms with E-state index in [-0.39, 0.29) is 30.4 Å². The molecule has 0 aliphatic carbocycles. The summed E-state index contributed by atoms with van der Waals surface area (Å²) in [6.45, 7) is -0.284. The molecule has 1 aromatic carbocycles. The molecule has 1 aromatic heterocycles. The van der Waals surface area contributed by atoms with Crippen LogP contribution in [0, 0.1) is 11.3 Å². The summed E-state index contributed by atoms with van der Waals surface area (Å²) in [6.07, 6.45) is 1.48. The summed E-state index contributed by atoms with van der Waals surface area (Å²) < 4.78 is 20.3. The van der Waals surface area contributed by atoms with Crippen molar-refractivity contribution in [2.45, 2.75) is 6.54 Å². The second-order valence-electron chi connectivity index (χ2n) is 5.99. The van der Waals surface area contributed by atoms with Crippen LogP contribution in [0.5, 0.6) is 11.5 Å². The van der Waals surface area contributed by atoms with Crippen molar-refractivity contribution < 1.29 is 33.0 Å². The highest BCUT2D eigenvalue weighted by atomic mass is 16.5. The highest BCUT2D eigenvalue weighted by Crippen LogP contribution is 2.29. The van der Waals surface area contributed by atoms with Gasteiger partial charge in [0.1, 0.15) is 17.5 Å². The van der Waals surface area contributed by atoms with Gasteiger partial charge in [-0.3, -0.25) is 9.69 Å². The van der Waals surface area contributed by atoms with Gasteiger partial charge in [-0.05, 0) is 35.9 Å². The number of ether oxygens (including phenoxy) is 3. The minimum atomic E-state index is -0.657. The molecular formula is C20H17N3O7. The molecule has 0 unspecified atom stereocenters. The van der Waals surface area contributed by atoms with E-state index < -0.39 is 17.9 Å². The molecule has 1 saturated heterocycles. The average Bonchev–Trinajstić information content (AvgIpc) is 3.32. The zero-order chi connectivity index (χ0) is 21.7. The monoisotopic (exact) mass is 411 g/mol. The molecule has 3 amide bonds. The maximum atomic E-state index is 12.6. The number of rotatable bonds is 7. The van der Waals surface area contributed by atoms with E-state index in [2.05, 4.69) is 10.1 Å². The highest BCUT2D eigenvalue weighted by Gasteiger charge is 2.34. The molecule has 10 heteroatoms. The maximum Gasteiger partial charge on any atom is 0.373 e. The summed E-state index contributed by atoms with van der Waals surface area (Å²) in [7, 11) is 2.66. The van der Waals surface area contributed by atoms with Crippen molar-refractivity contribution in [3.63, 3.8) is 0 Å². The molecule has 1 fully saturated rings. The Hall–Kier alpha value is -4.26. The van der Waals surface area contributed by atoms with Crippen LogP contribution in [0.25, 0.3) is 6.08 Å². The lowest BCUT2D eigenvalue weighted by molar-refractivity contribution is -0.123. The van der Waals surface area contributed by atoms with Crippen molar-refractivity contribution in [2.24, 2.45) is 0 Å². The van der Waals surface area contributed by atoms with Gasteiger partial charge < -0.3 is 23.9 Å². The topological polar surface area (TPSA) is 131 Å². The molecule has 0 saturated carbocycles. The Labute approximate surface area is 171 Å². The highest BCUT2D eigenvalue weighted by molar-refractivity contribution is 6.13. The predicted octanol–water partition coefficient (Wildman–Crippen LogP) is 2.07. The van der Waals surface area contributed by atoms with Crippen molar-refractivity contribution in [1.29, 1.82) is 5.26 Å². The van der Waals surface area contributed by atoms with E-state index in [9.17, 15) is 14.4 Å². The minimum Gasteiger partial charge on any atom is -0.493 e. The molecule has 0 radical (unpaired) electrons. The molecule has 10 nitrogen and oxygen atoms in total. The fourth-order valence-corrected chi connectivity index (χ4v) is 2.71. The minimum absolute atomic E-state index is 0.0267. The Morgan fingerprint density at radius 1 is 1.23 bits per heavy atom. The fraction of sp³-hybridized carbons (Fsp3) is 0.200. The zero-order valence-corrected chi connectivity index (χ0v) is 16.1. The number of benzene rings is 1. The maximum absolute atomic E-state index is 12.6. The van der Waals surface area contributed by atoms with Crippen LogP contribution >= 0.6 is 0 Å². The average molecular weight is 411 g/mol. The van der Waals surface area contributed by atoms with Crippen LogP contribution in [0.4, 0.5) is 4.79 Å². The van der Waals surface area contributed by atoms with Crippen molar-refractivity contribution in [3.05, 3.63) is 53.1 Å². The lowest BCUT2D eigenvalue weighted by Gasteiger charge is -2.09. The van der Waals surface area contributed by atoms with Crippen LogP contribution in [0.1, 0.15) is 21.9 Å². The van der Waals surface area contributed by atoms with Crippen LogP contribution < -0.4 is 14.8 Å². The summed E-state index contributed by atoms with van der Waals surface area (Å²) in [5, 5.41) is 11.1. The molecule has 3 rings (SSSR count). The number of hydrogen-bond donors (Lipinski definition) is 1. The molecule has 2 aromatic rings. The molecule has 1 N–H and O–H groups in total. The van der Waals surface area contributed by atoms with E-state index in [0.717, 1.165) is 4.90 Å². The number of nitrogens with one attached hydrogen (secondary N) is 1. The van der Waals surface area contributed by atoms with Gasteiger partial charge in [-0.1, -0.05) is 6.07 Å². The SMILES string of the molecule is COC(=O)c1ccc(CN2C(=O)NC(=Cc3ccc(OCC#N)c(OC)c3)C2=O)o1. The predicted molar refractivity (Wildman–Crippen MR) is 101 cm³/mol. The molecule has 1 aliphatic heterocycles. The number of nitriles is 1. The Bertz CT molecular complexity index is 1060. The number of carbonyl (C=O) groups is 3. The zero-order valence-electron chi connectivity index (χ0n) is 16.1. The van der Waals surface area contributed by atoms with Gasteiger partial charge in [0.05, 0.1) is 20.8 Å². The standard InChI is InChI=1S/C20H17N3O7/c1-27-17-10-12(3-5-15(17)29-8-7-21)9-14-18(24)23(20(26)22-14)11-13-4-6-16(30-13)19(25)28-2/h3-6,9-10H,8,11H2,1-2H3,(H,22,26). The summed E-state index contributed by atoms with van der Waals surface area (Å²) >= 11 is 0. The molecule has 1 aliphatic rings. The number of nitrogens with zero attached hydrogens (tertiary/aromatic N) is 2. The van der Waals surface area contributed by atoms with Gasteiger partial charge in [0, 0.05) is 0 Å². The van der Waals surface area contributed by atoms with Crippen LogP contribution in [0.15, 0.2) is 40.4 Å². The number of hydrogen-bond acceptors (Lipinski definition) is 8. The summed E-state index contributed by atoms with van der Waals surface area (Å²) in [5.41, 5.74) is 0.639. The number of urea groups is 1. The van der Waals surface area contributed by atoms with E-state index >= 15 is 0 Å². The lowest BCUT2D eigenvalue weighted by Crippen LogP contribution is -2.30. The Kier molecular flexibility index (Phi) is 6.03. The largest absolute Gasteiger partial charge is 0.493 e. The van der Waals surface area contributed by atoms with Crippen LogP contribution in [0.2, 0.25) is 0 Å². The third kappa shape index (κ3) is 4.25. The third-order valence-corrected chi connectivity index (χ3v) is 4.12. The van der Waals surface area contributed by atoms with Gasteiger partial charge in [-0.15, -0.1) is 0 Å². The Morgan fingerprint density at radius 3 is 2.73 bits per heavy atom. The number of imide groups is 1. The number of methoxy groups -OCH3 is 2. The number of amides is 3. The van der Waals surface area contributed by atoms with Gasteiger partial charge in [-0.2, -0.15) is 5.26 Å². The molecule has 0 atom stereocenters. The van der Waals surface area contributed by atoms with Crippen molar-refractivity contribution in [1.82, 2.24) is 10.2 Å². The van der Waals surface area contributed by atoms with Crippen LogP contribution in [-0.2, 0) is 16.1 Å². The first kappa shape index (κ1) is 20.5. The molecule has 154 valence electrons. The van der Waals surface area contributed by atoms with Crippen LogP contribution in [-0.4, -0.2) is 43.6 Å². The van der Waals surface area contributed by atoms with Crippen molar-refractivity contribution in [2.75, 3.05) is 20.8 Å². The second-order valence-corrected chi connectivity index (χ2v) is 5.99. The lowest BCUT2D eigenvalue weighted by atomic mass is 10.1. The second kappa shape index (κ2) is 8.83. The van der Waals surface area contributed by atoms with Gasteiger partial charge in [-0.25, -0.2) is 9.59 Å². The van der Waals surface area contributed by atoms with Gasteiger partial charge in [0.25, 0.3) is 5.91 Å². The van der Waals surface area contributed by atoms with E-state index in [1.165, 1.54) is 32.4 Å². The summed E-state index contributed by atoms with van der Waals surface area (Å²) in [4.78, 5) is 37.3. The van der Waals surface area contributed by atoms with Crippen molar-refractivity contribution in [3.8, 4) is 17.6 Å². The smallest absolute Gasteiger partial charge is 0.373 e. The van der Waals surface area contributed by atoms with E-state index in [1.807, 2.05) is 6.07 Å². The molecule has 2 heterocycles. The number of carbonyl (C=O) groups excluding carboxylic acids is 3. The number of esters is 1. The first-order chi connectivity index (χ1) is 14.5. The number of furan rings is 1. The first-order valence-corrected chi connectivity index (χ1v) is 8.66. The van der Waals surface area contributed by atoms with Gasteiger partial charge in [0.15, 0.2) is 18.1 Å². The Balaban J connectivity index is 1.77. The summed E-state index contributed by atoms with van der Waals surface area (Å²) in [6, 6.07) is 8.99. The Morgan fingerprint density at radius 2 is 2.03 bits per heavy atom. The molecule has 30 heavy (non-hydrogen) atoms. The van der Waals surface area contributed by atoms with Crippen LogP contribution in [0.3, 0.4) is 0 Å². The fourth-order valence-electron chi connectivity index (χ4n) is 2.71. The molecule has 0 bridgehead atoms. The van der Waals surface area contributed by atoms with E-state index in [1.54, 1.807) is 18.2 Å². The molecular weight excluding hydrogens is 394 g/mol. The quantitative estimate of drug-likeness (QED) is 0.416. The van der Waals surface area contributed by atoms with E-state index in [0.29, 0.717) is 17.1 Å². The molecule has 0 spiro atoms. The summed E-state index contributed by atoms with van der Waals surface area (Å²) in [5.74, 6) is -0.236. The van der Waals surface area contributed by atoms with Gasteiger partial charge >= 0.3 is 12.0 Å².